The minimum atomic E-state index is -0.608. The number of pyridine rings is 1. The number of aromatic nitrogens is 1. The molecule has 1 aromatic heterocycles. The molecule has 0 fully saturated rings. The summed E-state index contributed by atoms with van der Waals surface area (Å²) in [5.41, 5.74) is 13.5. The fourth-order valence-electron chi connectivity index (χ4n) is 2.13. The Balaban J connectivity index is 2.22. The molecule has 110 valence electrons. The van der Waals surface area contributed by atoms with Crippen LogP contribution in [0.4, 0.5) is 15.9 Å². The lowest BCUT2D eigenvalue weighted by Crippen LogP contribution is -2.16. The number of halogens is 1. The summed E-state index contributed by atoms with van der Waals surface area (Å²) >= 11 is 0. The molecule has 5 N–H and O–H groups in total. The van der Waals surface area contributed by atoms with Gasteiger partial charge in [-0.05, 0) is 36.6 Å². The van der Waals surface area contributed by atoms with Crippen LogP contribution < -0.4 is 16.8 Å². The lowest BCUT2D eigenvalue weighted by atomic mass is 10.1. The smallest absolute Gasteiger partial charge is 0.252 e. The molecule has 0 bridgehead atoms. The third-order valence-corrected chi connectivity index (χ3v) is 3.13. The monoisotopic (exact) mass is 288 g/mol. The summed E-state index contributed by atoms with van der Waals surface area (Å²) in [5, 5.41) is 3.02. The van der Waals surface area contributed by atoms with Crippen LogP contribution in [0.25, 0.3) is 0 Å². The molecule has 0 aliphatic rings. The summed E-state index contributed by atoms with van der Waals surface area (Å²) in [5.74, 6) is -0.456. The van der Waals surface area contributed by atoms with E-state index in [9.17, 15) is 9.18 Å². The Kier molecular flexibility index (Phi) is 4.07. The third-order valence-electron chi connectivity index (χ3n) is 3.13. The van der Waals surface area contributed by atoms with E-state index in [2.05, 4.69) is 10.3 Å². The van der Waals surface area contributed by atoms with E-state index in [1.54, 1.807) is 26.0 Å². The third kappa shape index (κ3) is 3.28. The van der Waals surface area contributed by atoms with Crippen molar-refractivity contribution in [1.29, 1.82) is 0 Å². The number of carbonyl (C=O) groups is 1. The van der Waals surface area contributed by atoms with Gasteiger partial charge in [0.05, 0.1) is 17.4 Å². The van der Waals surface area contributed by atoms with E-state index in [4.69, 9.17) is 11.5 Å². The maximum absolute atomic E-state index is 13.6. The highest BCUT2D eigenvalue weighted by molar-refractivity contribution is 5.98. The maximum atomic E-state index is 13.6. The number of aryl methyl sites for hydroxylation is 2. The highest BCUT2D eigenvalue weighted by atomic mass is 19.1. The average Bonchev–Trinajstić information content (AvgIpc) is 2.43. The minimum absolute atomic E-state index is 0.206. The molecule has 0 saturated heterocycles. The number of nitrogens with zero attached hydrogens (tertiary/aromatic N) is 1. The second kappa shape index (κ2) is 5.78. The van der Waals surface area contributed by atoms with Crippen molar-refractivity contribution in [2.24, 2.45) is 5.73 Å². The Bertz CT molecular complexity index is 677. The molecule has 5 nitrogen and oxygen atoms in total. The van der Waals surface area contributed by atoms with E-state index in [1.807, 2.05) is 0 Å². The molecular formula is C15H17FN4O. The zero-order valence-corrected chi connectivity index (χ0v) is 11.9. The molecule has 0 saturated carbocycles. The molecule has 0 unspecified atom stereocenters. The van der Waals surface area contributed by atoms with Gasteiger partial charge in [-0.15, -0.1) is 0 Å². The number of nitrogen functional groups attached to an aromatic ring is 1. The zero-order valence-electron chi connectivity index (χ0n) is 11.9. The molecule has 0 aliphatic carbocycles. The lowest BCUT2D eigenvalue weighted by Gasteiger charge is -2.11. The van der Waals surface area contributed by atoms with Gasteiger partial charge in [-0.25, -0.2) is 9.37 Å². The Morgan fingerprint density at radius 3 is 2.48 bits per heavy atom. The normalized spacial score (nSPS) is 10.4. The molecule has 0 aliphatic heterocycles. The first-order valence-corrected chi connectivity index (χ1v) is 6.43. The molecule has 0 radical (unpaired) electrons. The Morgan fingerprint density at radius 1 is 1.29 bits per heavy atom. The number of anilines is 2. The highest BCUT2D eigenvalue weighted by Crippen LogP contribution is 2.18. The van der Waals surface area contributed by atoms with E-state index < -0.39 is 5.91 Å². The maximum Gasteiger partial charge on any atom is 0.252 e. The van der Waals surface area contributed by atoms with Gasteiger partial charge < -0.3 is 16.8 Å². The van der Waals surface area contributed by atoms with Crippen molar-refractivity contribution in [3.8, 4) is 0 Å². The number of hydrogen-bond acceptors (Lipinski definition) is 4. The largest absolute Gasteiger partial charge is 0.397 e. The van der Waals surface area contributed by atoms with Crippen molar-refractivity contribution in [3.63, 3.8) is 0 Å². The van der Waals surface area contributed by atoms with Gasteiger partial charge in [-0.1, -0.05) is 12.1 Å². The van der Waals surface area contributed by atoms with E-state index in [-0.39, 0.29) is 11.4 Å². The molecule has 1 heterocycles. The molecular weight excluding hydrogens is 271 g/mol. The van der Waals surface area contributed by atoms with Gasteiger partial charge in [0.15, 0.2) is 0 Å². The Labute approximate surface area is 122 Å². The van der Waals surface area contributed by atoms with Crippen LogP contribution in [-0.2, 0) is 6.54 Å². The predicted molar refractivity (Wildman–Crippen MR) is 80.4 cm³/mol. The van der Waals surface area contributed by atoms with Crippen LogP contribution in [-0.4, -0.2) is 10.9 Å². The van der Waals surface area contributed by atoms with Gasteiger partial charge in [-0.3, -0.25) is 4.79 Å². The van der Waals surface area contributed by atoms with Crippen molar-refractivity contribution >= 4 is 17.4 Å². The summed E-state index contributed by atoms with van der Waals surface area (Å²) in [6.07, 6.45) is 1.44. The van der Waals surface area contributed by atoms with Crippen molar-refractivity contribution < 1.29 is 9.18 Å². The van der Waals surface area contributed by atoms with Gasteiger partial charge in [0, 0.05) is 6.54 Å². The van der Waals surface area contributed by atoms with Gasteiger partial charge >= 0.3 is 0 Å². The summed E-state index contributed by atoms with van der Waals surface area (Å²) in [7, 11) is 0. The molecule has 6 heteroatoms. The molecule has 0 atom stereocenters. The Morgan fingerprint density at radius 2 is 1.90 bits per heavy atom. The van der Waals surface area contributed by atoms with Crippen molar-refractivity contribution in [2.75, 3.05) is 11.1 Å². The highest BCUT2D eigenvalue weighted by Gasteiger charge is 2.11. The van der Waals surface area contributed by atoms with Crippen LogP contribution >= 0.6 is 0 Å². The molecule has 1 amide bonds. The molecule has 2 rings (SSSR count). The lowest BCUT2D eigenvalue weighted by molar-refractivity contribution is 0.100. The standard InChI is InChI=1S/C15H17FN4O/c1-8-3-10(4-9(2)13(8)16)6-19-15-12(14(18)21)5-11(17)7-20-15/h3-5,7H,6,17H2,1-2H3,(H2,18,21)(H,19,20). The average molecular weight is 288 g/mol. The van der Waals surface area contributed by atoms with Crippen molar-refractivity contribution in [3.05, 3.63) is 52.5 Å². The summed E-state index contributed by atoms with van der Waals surface area (Å²) in [6, 6.07) is 4.96. The van der Waals surface area contributed by atoms with E-state index in [0.29, 0.717) is 29.2 Å². The molecule has 21 heavy (non-hydrogen) atoms. The number of hydrogen-bond donors (Lipinski definition) is 3. The van der Waals surface area contributed by atoms with Crippen LogP contribution in [0.5, 0.6) is 0 Å². The van der Waals surface area contributed by atoms with Crippen molar-refractivity contribution in [2.45, 2.75) is 20.4 Å². The van der Waals surface area contributed by atoms with Crippen molar-refractivity contribution in [1.82, 2.24) is 4.98 Å². The number of nitrogens with two attached hydrogens (primary N) is 2. The van der Waals surface area contributed by atoms with Gasteiger partial charge in [0.2, 0.25) is 0 Å². The summed E-state index contributed by atoms with van der Waals surface area (Å²) in [6.45, 7) is 3.82. The molecule has 1 aromatic carbocycles. The quantitative estimate of drug-likeness (QED) is 0.803. The van der Waals surface area contributed by atoms with Crippen LogP contribution in [0.2, 0.25) is 0 Å². The van der Waals surface area contributed by atoms with Gasteiger partial charge in [0.25, 0.3) is 5.91 Å². The summed E-state index contributed by atoms with van der Waals surface area (Å²) in [4.78, 5) is 15.4. The second-order valence-corrected chi connectivity index (χ2v) is 4.93. The predicted octanol–water partition coefficient (Wildman–Crippen LogP) is 2.13. The number of nitrogens with one attached hydrogen (secondary N) is 1. The first kappa shape index (κ1) is 14.8. The fourth-order valence-corrected chi connectivity index (χ4v) is 2.13. The number of rotatable bonds is 4. The van der Waals surface area contributed by atoms with Gasteiger partial charge in [-0.2, -0.15) is 0 Å². The SMILES string of the molecule is Cc1cc(CNc2ncc(N)cc2C(N)=O)cc(C)c1F. The first-order valence-electron chi connectivity index (χ1n) is 6.43. The van der Waals surface area contributed by atoms with E-state index in [0.717, 1.165) is 5.56 Å². The van der Waals surface area contributed by atoms with Crippen LogP contribution in [0.3, 0.4) is 0 Å². The number of amides is 1. The fraction of sp³-hybridized carbons (Fsp3) is 0.200. The number of benzene rings is 1. The van der Waals surface area contributed by atoms with Crippen LogP contribution in [0.1, 0.15) is 27.0 Å². The van der Waals surface area contributed by atoms with Gasteiger partial charge in [0.1, 0.15) is 11.6 Å². The number of primary amides is 1. The number of carbonyl (C=O) groups excluding carboxylic acids is 1. The topological polar surface area (TPSA) is 94.0 Å². The summed E-state index contributed by atoms with van der Waals surface area (Å²) < 4.78 is 13.6. The zero-order chi connectivity index (χ0) is 15.6. The van der Waals surface area contributed by atoms with Crippen LogP contribution in [0.15, 0.2) is 24.4 Å². The second-order valence-electron chi connectivity index (χ2n) is 4.93. The van der Waals surface area contributed by atoms with E-state index in [1.165, 1.54) is 12.3 Å². The molecule has 0 spiro atoms. The molecule has 2 aromatic rings. The van der Waals surface area contributed by atoms with E-state index >= 15 is 0 Å². The Hall–Kier alpha value is -2.63. The minimum Gasteiger partial charge on any atom is -0.397 e. The van der Waals surface area contributed by atoms with Crippen LogP contribution in [0, 0.1) is 19.7 Å². The first-order chi connectivity index (χ1) is 9.88.